The molecule has 0 amide bonds. The second kappa shape index (κ2) is 8.07. The van der Waals surface area contributed by atoms with Gasteiger partial charge in [0, 0.05) is 6.54 Å². The van der Waals surface area contributed by atoms with Crippen molar-refractivity contribution < 1.29 is 4.74 Å². The van der Waals surface area contributed by atoms with Crippen molar-refractivity contribution in [2.75, 3.05) is 18.1 Å². The normalized spacial score (nSPS) is 16.2. The van der Waals surface area contributed by atoms with Gasteiger partial charge in [-0.2, -0.15) is 9.78 Å². The predicted molar refractivity (Wildman–Crippen MR) is 121 cm³/mol. The summed E-state index contributed by atoms with van der Waals surface area (Å²) in [6, 6.07) is 15.8. The van der Waals surface area contributed by atoms with Gasteiger partial charge in [-0.3, -0.25) is 4.79 Å². The summed E-state index contributed by atoms with van der Waals surface area (Å²) in [7, 11) is 0. The first-order chi connectivity index (χ1) is 15.2. The third-order valence-electron chi connectivity index (χ3n) is 5.62. The molecule has 2 aromatic heterocycles. The van der Waals surface area contributed by atoms with Crippen molar-refractivity contribution in [1.82, 2.24) is 19.7 Å². The van der Waals surface area contributed by atoms with Crippen LogP contribution >= 0.6 is 11.6 Å². The molecule has 1 unspecified atom stereocenters. The number of halogens is 1. The average molecular weight is 436 g/mol. The number of H-pyrrole nitrogens is 1. The van der Waals surface area contributed by atoms with Crippen LogP contribution in [0.2, 0.25) is 5.02 Å². The maximum absolute atomic E-state index is 13.0. The van der Waals surface area contributed by atoms with E-state index in [4.69, 9.17) is 16.3 Å². The molecule has 1 aliphatic rings. The first-order valence-corrected chi connectivity index (χ1v) is 10.8. The van der Waals surface area contributed by atoms with Crippen LogP contribution in [0.5, 0.6) is 5.75 Å². The number of nitrogens with one attached hydrogen (secondary N) is 1. The number of imidazole rings is 1. The van der Waals surface area contributed by atoms with Crippen molar-refractivity contribution in [3.05, 3.63) is 75.7 Å². The minimum Gasteiger partial charge on any atom is -0.494 e. The van der Waals surface area contributed by atoms with E-state index >= 15 is 0 Å². The highest BCUT2D eigenvalue weighted by atomic mass is 35.5. The lowest BCUT2D eigenvalue weighted by Gasteiger charge is -2.27. The summed E-state index contributed by atoms with van der Waals surface area (Å²) in [5, 5.41) is 4.53. The quantitative estimate of drug-likeness (QED) is 0.499. The molecule has 0 saturated carbocycles. The van der Waals surface area contributed by atoms with E-state index in [-0.39, 0.29) is 11.1 Å². The second-order valence-electron chi connectivity index (χ2n) is 7.49. The number of ether oxygens (including phenoxy) is 1. The fourth-order valence-electron chi connectivity index (χ4n) is 4.17. The number of nitrogens with zero attached hydrogens (tertiary/aromatic N) is 4. The number of aromatic nitrogens is 4. The van der Waals surface area contributed by atoms with Crippen LogP contribution in [0.25, 0.3) is 17.0 Å². The number of para-hydroxylation sites is 2. The standard InChI is InChI=1S/C23H22ClN5O2/c1-2-31-16-11-9-15(10-12-16)19-8-5-13-28(19)20-14-25-29(22(30)21(20)24)23-26-17-6-3-4-7-18(17)27-23/h3-4,6-7,9-12,14,19H,2,5,8,13H2,1H3,(H,26,27). The Bertz CT molecular complexity index is 1250. The number of aromatic amines is 1. The van der Waals surface area contributed by atoms with Gasteiger partial charge >= 0.3 is 0 Å². The van der Waals surface area contributed by atoms with E-state index in [2.05, 4.69) is 32.1 Å². The summed E-state index contributed by atoms with van der Waals surface area (Å²) in [5.74, 6) is 1.20. The van der Waals surface area contributed by atoms with E-state index in [1.54, 1.807) is 6.20 Å². The molecule has 4 aromatic rings. The van der Waals surface area contributed by atoms with Gasteiger partial charge in [-0.25, -0.2) is 4.98 Å². The maximum Gasteiger partial charge on any atom is 0.295 e. The first-order valence-electron chi connectivity index (χ1n) is 10.4. The highest BCUT2D eigenvalue weighted by molar-refractivity contribution is 6.33. The van der Waals surface area contributed by atoms with Crippen LogP contribution in [-0.4, -0.2) is 32.9 Å². The molecule has 5 rings (SSSR count). The fraction of sp³-hybridized carbons (Fsp3) is 0.261. The van der Waals surface area contributed by atoms with Crippen molar-refractivity contribution in [3.63, 3.8) is 0 Å². The van der Waals surface area contributed by atoms with Gasteiger partial charge in [0.25, 0.3) is 5.56 Å². The molecule has 1 atom stereocenters. The highest BCUT2D eigenvalue weighted by Gasteiger charge is 2.29. The molecule has 1 saturated heterocycles. The third-order valence-corrected chi connectivity index (χ3v) is 5.97. The summed E-state index contributed by atoms with van der Waals surface area (Å²) < 4.78 is 6.77. The molecule has 1 fully saturated rings. The number of hydrogen-bond acceptors (Lipinski definition) is 5. The molecule has 0 radical (unpaired) electrons. The van der Waals surface area contributed by atoms with Crippen molar-refractivity contribution >= 4 is 28.3 Å². The lowest BCUT2D eigenvalue weighted by atomic mass is 10.0. The molecule has 3 heterocycles. The SMILES string of the molecule is CCOc1ccc(C2CCCN2c2cnn(-c3nc4ccccc4[nH]3)c(=O)c2Cl)cc1. The van der Waals surface area contributed by atoms with Crippen molar-refractivity contribution in [1.29, 1.82) is 0 Å². The Kier molecular flexibility index (Phi) is 5.11. The molecule has 8 heteroatoms. The van der Waals surface area contributed by atoms with Crippen LogP contribution < -0.4 is 15.2 Å². The third kappa shape index (κ3) is 3.55. The Morgan fingerprint density at radius 3 is 2.77 bits per heavy atom. The van der Waals surface area contributed by atoms with Crippen LogP contribution in [0.3, 0.4) is 0 Å². The Morgan fingerprint density at radius 2 is 2.00 bits per heavy atom. The van der Waals surface area contributed by atoms with E-state index in [1.807, 2.05) is 43.3 Å². The molecule has 0 spiro atoms. The Hall–Kier alpha value is -3.32. The number of fused-ring (bicyclic) bond motifs is 1. The lowest BCUT2D eigenvalue weighted by molar-refractivity contribution is 0.340. The minimum atomic E-state index is -0.393. The number of hydrogen-bond donors (Lipinski definition) is 1. The largest absolute Gasteiger partial charge is 0.494 e. The van der Waals surface area contributed by atoms with E-state index < -0.39 is 5.56 Å². The van der Waals surface area contributed by atoms with Crippen LogP contribution in [0, 0.1) is 0 Å². The smallest absolute Gasteiger partial charge is 0.295 e. The van der Waals surface area contributed by atoms with E-state index in [9.17, 15) is 4.79 Å². The molecule has 158 valence electrons. The van der Waals surface area contributed by atoms with Crippen molar-refractivity contribution in [2.24, 2.45) is 0 Å². The van der Waals surface area contributed by atoms with Crippen molar-refractivity contribution in [3.8, 4) is 11.7 Å². The van der Waals surface area contributed by atoms with E-state index in [0.29, 0.717) is 18.2 Å². The molecular weight excluding hydrogens is 414 g/mol. The highest BCUT2D eigenvalue weighted by Crippen LogP contribution is 2.38. The van der Waals surface area contributed by atoms with Crippen LogP contribution in [0.4, 0.5) is 5.69 Å². The lowest BCUT2D eigenvalue weighted by Crippen LogP contribution is -2.29. The van der Waals surface area contributed by atoms with Gasteiger partial charge in [0.05, 0.1) is 35.6 Å². The Morgan fingerprint density at radius 1 is 1.19 bits per heavy atom. The second-order valence-corrected chi connectivity index (χ2v) is 7.87. The zero-order valence-electron chi connectivity index (χ0n) is 17.1. The monoisotopic (exact) mass is 435 g/mol. The molecule has 0 bridgehead atoms. The first kappa shape index (κ1) is 19.6. The molecular formula is C23H22ClN5O2. The minimum absolute atomic E-state index is 0.136. The summed E-state index contributed by atoms with van der Waals surface area (Å²) in [6.45, 7) is 3.42. The topological polar surface area (TPSA) is 76.0 Å². The van der Waals surface area contributed by atoms with Crippen LogP contribution in [-0.2, 0) is 0 Å². The average Bonchev–Trinajstić information content (AvgIpc) is 3.43. The summed E-state index contributed by atoms with van der Waals surface area (Å²) >= 11 is 6.57. The molecule has 2 aromatic carbocycles. The summed E-state index contributed by atoms with van der Waals surface area (Å²) in [5.41, 5.74) is 3.02. The predicted octanol–water partition coefficient (Wildman–Crippen LogP) is 4.50. The number of rotatable bonds is 5. The van der Waals surface area contributed by atoms with Gasteiger partial charge in [-0.1, -0.05) is 35.9 Å². The number of anilines is 1. The zero-order chi connectivity index (χ0) is 21.4. The molecule has 31 heavy (non-hydrogen) atoms. The maximum atomic E-state index is 13.0. The van der Waals surface area contributed by atoms with Gasteiger partial charge in [0.2, 0.25) is 5.95 Å². The summed E-state index contributed by atoms with van der Waals surface area (Å²) in [6.07, 6.45) is 3.65. The van der Waals surface area contributed by atoms with E-state index in [1.165, 1.54) is 10.2 Å². The van der Waals surface area contributed by atoms with Gasteiger partial charge < -0.3 is 14.6 Å². The molecule has 0 aliphatic carbocycles. The summed E-state index contributed by atoms with van der Waals surface area (Å²) in [4.78, 5) is 22.8. The Balaban J connectivity index is 1.48. The molecule has 1 aliphatic heterocycles. The van der Waals surface area contributed by atoms with Crippen LogP contribution in [0.1, 0.15) is 31.4 Å². The molecule has 7 nitrogen and oxygen atoms in total. The van der Waals surface area contributed by atoms with Crippen molar-refractivity contribution in [2.45, 2.75) is 25.8 Å². The Labute approximate surface area is 184 Å². The van der Waals surface area contributed by atoms with Gasteiger partial charge in [-0.05, 0) is 49.6 Å². The fourth-order valence-corrected chi connectivity index (χ4v) is 4.41. The molecule has 1 N–H and O–H groups in total. The van der Waals surface area contributed by atoms with Gasteiger partial charge in [0.15, 0.2) is 0 Å². The van der Waals surface area contributed by atoms with Crippen LogP contribution in [0.15, 0.2) is 59.5 Å². The number of benzene rings is 2. The zero-order valence-corrected chi connectivity index (χ0v) is 17.8. The van der Waals surface area contributed by atoms with E-state index in [0.717, 1.165) is 36.2 Å². The van der Waals surface area contributed by atoms with Gasteiger partial charge in [-0.15, -0.1) is 0 Å². The van der Waals surface area contributed by atoms with Gasteiger partial charge in [0.1, 0.15) is 10.8 Å².